The highest BCUT2D eigenvalue weighted by Crippen LogP contribution is 2.13. The molecule has 82 valence electrons. The first-order valence-corrected chi connectivity index (χ1v) is 6.36. The van der Waals surface area contributed by atoms with Gasteiger partial charge in [0.25, 0.3) is 0 Å². The fourth-order valence-corrected chi connectivity index (χ4v) is 2.36. The van der Waals surface area contributed by atoms with Crippen LogP contribution in [0.3, 0.4) is 0 Å². The lowest BCUT2D eigenvalue weighted by molar-refractivity contribution is -0.118. The van der Waals surface area contributed by atoms with Crippen molar-refractivity contribution in [2.45, 2.75) is 12.7 Å². The largest absolute Gasteiger partial charge is 0.352 e. The molecule has 1 heterocycles. The van der Waals surface area contributed by atoms with Crippen molar-refractivity contribution in [3.05, 3.63) is 24.0 Å². The lowest BCUT2D eigenvalue weighted by atomic mass is 10.4. The van der Waals surface area contributed by atoms with E-state index >= 15 is 0 Å². The van der Waals surface area contributed by atoms with Gasteiger partial charge in [-0.05, 0) is 6.92 Å². The standard InChI is InChI=1S/C9H13N3OS2/c1-3-4-10-9(13)6-14-5-8-7(2)11-15-12-8/h3H,1,4-6H2,2H3,(H,10,13). The molecular formula is C9H13N3OS2. The molecule has 0 atom stereocenters. The molecule has 0 spiro atoms. The van der Waals surface area contributed by atoms with Gasteiger partial charge in [0.15, 0.2) is 0 Å². The van der Waals surface area contributed by atoms with Crippen LogP contribution in [0.1, 0.15) is 11.4 Å². The first-order valence-electron chi connectivity index (χ1n) is 4.47. The molecule has 6 heteroatoms. The Morgan fingerprint density at radius 3 is 3.07 bits per heavy atom. The van der Waals surface area contributed by atoms with Crippen LogP contribution in [-0.2, 0) is 10.5 Å². The molecule has 0 radical (unpaired) electrons. The second-order valence-electron chi connectivity index (χ2n) is 2.88. The molecule has 0 aliphatic rings. The summed E-state index contributed by atoms with van der Waals surface area (Å²) in [5.74, 6) is 1.22. The number of aryl methyl sites for hydroxylation is 1. The molecular weight excluding hydrogens is 230 g/mol. The molecule has 15 heavy (non-hydrogen) atoms. The molecule has 1 aromatic heterocycles. The fourth-order valence-electron chi connectivity index (χ4n) is 0.858. The number of rotatable bonds is 6. The summed E-state index contributed by atoms with van der Waals surface area (Å²) < 4.78 is 8.20. The molecule has 0 aliphatic carbocycles. The van der Waals surface area contributed by atoms with Crippen molar-refractivity contribution >= 4 is 29.4 Å². The number of nitrogens with zero attached hydrogens (tertiary/aromatic N) is 2. The van der Waals surface area contributed by atoms with E-state index in [4.69, 9.17) is 0 Å². The quantitative estimate of drug-likeness (QED) is 0.767. The van der Waals surface area contributed by atoms with Crippen LogP contribution in [0, 0.1) is 6.92 Å². The van der Waals surface area contributed by atoms with E-state index in [2.05, 4.69) is 20.6 Å². The predicted molar refractivity (Wildman–Crippen MR) is 64.0 cm³/mol. The number of aromatic nitrogens is 2. The van der Waals surface area contributed by atoms with Crippen molar-refractivity contribution in [1.82, 2.24) is 14.1 Å². The Balaban J connectivity index is 2.19. The van der Waals surface area contributed by atoms with E-state index in [9.17, 15) is 4.79 Å². The average molecular weight is 243 g/mol. The average Bonchev–Trinajstić information content (AvgIpc) is 2.61. The van der Waals surface area contributed by atoms with Crippen molar-refractivity contribution in [3.8, 4) is 0 Å². The number of hydrogen-bond donors (Lipinski definition) is 1. The summed E-state index contributed by atoms with van der Waals surface area (Å²) in [6.07, 6.45) is 1.66. The number of carbonyl (C=O) groups excluding carboxylic acids is 1. The minimum absolute atomic E-state index is 0.0285. The molecule has 0 fully saturated rings. The monoisotopic (exact) mass is 243 g/mol. The van der Waals surface area contributed by atoms with Crippen LogP contribution in [0.25, 0.3) is 0 Å². The summed E-state index contributed by atoms with van der Waals surface area (Å²) in [5, 5.41) is 2.72. The Morgan fingerprint density at radius 2 is 2.47 bits per heavy atom. The first-order chi connectivity index (χ1) is 7.24. The Kier molecular flexibility index (Phi) is 5.34. The molecule has 0 saturated heterocycles. The van der Waals surface area contributed by atoms with Gasteiger partial charge in [0.05, 0.1) is 28.9 Å². The van der Waals surface area contributed by atoms with Crippen molar-refractivity contribution in [2.24, 2.45) is 0 Å². The number of carbonyl (C=O) groups is 1. The van der Waals surface area contributed by atoms with Gasteiger partial charge < -0.3 is 5.32 Å². The molecule has 0 saturated carbocycles. The molecule has 1 amide bonds. The third-order valence-electron chi connectivity index (χ3n) is 1.66. The Morgan fingerprint density at radius 1 is 1.67 bits per heavy atom. The Labute approximate surface area is 97.5 Å². The van der Waals surface area contributed by atoms with Gasteiger partial charge in [0, 0.05) is 12.3 Å². The van der Waals surface area contributed by atoms with Crippen LogP contribution in [0.5, 0.6) is 0 Å². The van der Waals surface area contributed by atoms with Crippen LogP contribution in [0.2, 0.25) is 0 Å². The van der Waals surface area contributed by atoms with Gasteiger partial charge in [-0.25, -0.2) is 0 Å². The summed E-state index contributed by atoms with van der Waals surface area (Å²) in [4.78, 5) is 11.2. The normalized spacial score (nSPS) is 9.93. The van der Waals surface area contributed by atoms with Gasteiger partial charge in [-0.15, -0.1) is 18.3 Å². The molecule has 1 aromatic rings. The van der Waals surface area contributed by atoms with Crippen LogP contribution < -0.4 is 5.32 Å². The van der Waals surface area contributed by atoms with Crippen LogP contribution in [0.15, 0.2) is 12.7 Å². The van der Waals surface area contributed by atoms with Crippen LogP contribution in [-0.4, -0.2) is 27.0 Å². The smallest absolute Gasteiger partial charge is 0.230 e. The highest BCUT2D eigenvalue weighted by atomic mass is 32.2. The minimum Gasteiger partial charge on any atom is -0.352 e. The molecule has 4 nitrogen and oxygen atoms in total. The van der Waals surface area contributed by atoms with Crippen molar-refractivity contribution in [2.75, 3.05) is 12.3 Å². The highest BCUT2D eigenvalue weighted by Gasteiger charge is 2.05. The summed E-state index contributed by atoms with van der Waals surface area (Å²) >= 11 is 2.75. The molecule has 0 unspecified atom stereocenters. The molecule has 0 aromatic carbocycles. The maximum Gasteiger partial charge on any atom is 0.230 e. The zero-order chi connectivity index (χ0) is 11.1. The van der Waals surface area contributed by atoms with Gasteiger partial charge >= 0.3 is 0 Å². The van der Waals surface area contributed by atoms with Gasteiger partial charge in [-0.3, -0.25) is 4.79 Å². The molecule has 0 aliphatic heterocycles. The molecule has 0 bridgehead atoms. The second kappa shape index (κ2) is 6.58. The van der Waals surface area contributed by atoms with E-state index in [0.717, 1.165) is 17.1 Å². The number of thioether (sulfide) groups is 1. The van der Waals surface area contributed by atoms with Gasteiger partial charge in [-0.2, -0.15) is 8.75 Å². The first kappa shape index (κ1) is 12.2. The maximum absolute atomic E-state index is 11.2. The molecule has 1 rings (SSSR count). The lowest BCUT2D eigenvalue weighted by Crippen LogP contribution is -2.24. The van der Waals surface area contributed by atoms with Crippen molar-refractivity contribution < 1.29 is 4.79 Å². The van der Waals surface area contributed by atoms with Gasteiger partial charge in [0.2, 0.25) is 5.91 Å². The number of amides is 1. The second-order valence-corrected chi connectivity index (χ2v) is 4.40. The zero-order valence-corrected chi connectivity index (χ0v) is 10.2. The van der Waals surface area contributed by atoms with Crippen LogP contribution >= 0.6 is 23.5 Å². The Hall–Kier alpha value is -0.880. The lowest BCUT2D eigenvalue weighted by Gasteiger charge is -2.01. The third-order valence-corrected chi connectivity index (χ3v) is 3.26. The summed E-state index contributed by atoms with van der Waals surface area (Å²) in [5.41, 5.74) is 1.93. The van der Waals surface area contributed by atoms with E-state index < -0.39 is 0 Å². The number of nitrogens with one attached hydrogen (secondary N) is 1. The highest BCUT2D eigenvalue weighted by molar-refractivity contribution is 7.99. The van der Waals surface area contributed by atoms with E-state index in [1.54, 1.807) is 17.8 Å². The SMILES string of the molecule is C=CCNC(=O)CSCc1nsnc1C. The topological polar surface area (TPSA) is 54.9 Å². The van der Waals surface area contributed by atoms with E-state index in [1.807, 2.05) is 6.92 Å². The fraction of sp³-hybridized carbons (Fsp3) is 0.444. The van der Waals surface area contributed by atoms with Crippen molar-refractivity contribution in [3.63, 3.8) is 0 Å². The van der Waals surface area contributed by atoms with E-state index in [-0.39, 0.29) is 5.91 Å². The zero-order valence-electron chi connectivity index (χ0n) is 8.52. The molecule has 1 N–H and O–H groups in total. The van der Waals surface area contributed by atoms with E-state index in [1.165, 1.54) is 11.7 Å². The summed E-state index contributed by atoms with van der Waals surface area (Å²) in [7, 11) is 0. The van der Waals surface area contributed by atoms with E-state index in [0.29, 0.717) is 12.3 Å². The van der Waals surface area contributed by atoms with Crippen molar-refractivity contribution in [1.29, 1.82) is 0 Å². The summed E-state index contributed by atoms with van der Waals surface area (Å²) in [6, 6.07) is 0. The predicted octanol–water partition coefficient (Wildman–Crippen LogP) is 1.38. The van der Waals surface area contributed by atoms with Gasteiger partial charge in [-0.1, -0.05) is 6.08 Å². The van der Waals surface area contributed by atoms with Gasteiger partial charge in [0.1, 0.15) is 0 Å². The number of hydrogen-bond acceptors (Lipinski definition) is 5. The maximum atomic E-state index is 11.2. The van der Waals surface area contributed by atoms with Crippen LogP contribution in [0.4, 0.5) is 0 Å². The Bertz CT molecular complexity index is 338. The summed E-state index contributed by atoms with van der Waals surface area (Å²) in [6.45, 7) is 5.98. The minimum atomic E-state index is 0.0285. The third kappa shape index (κ3) is 4.44.